The van der Waals surface area contributed by atoms with Gasteiger partial charge in [0.05, 0.1) is 5.88 Å². The zero-order valence-electron chi connectivity index (χ0n) is 4.46. The number of allylic oxidation sites excluding steroid dienone is 2. The summed E-state index contributed by atoms with van der Waals surface area (Å²) in [7, 11) is 0. The summed E-state index contributed by atoms with van der Waals surface area (Å²) < 4.78 is 0. The minimum absolute atomic E-state index is 0.434. The van der Waals surface area contributed by atoms with Gasteiger partial charge < -0.3 is 0 Å². The van der Waals surface area contributed by atoms with Gasteiger partial charge in [0, 0.05) is 5.03 Å². The number of hydrogen-bond acceptors (Lipinski definition) is 0. The van der Waals surface area contributed by atoms with E-state index in [-0.39, 0.29) is 0 Å². The average molecular weight is 139 g/mol. The molecule has 0 spiro atoms. The Labute approximate surface area is 54.1 Å². The van der Waals surface area contributed by atoms with Crippen LogP contribution in [0.2, 0.25) is 0 Å². The Balaban J connectivity index is 3.72. The highest BCUT2D eigenvalue weighted by atomic mass is 35.5. The third-order valence-corrected chi connectivity index (χ3v) is 1.58. The van der Waals surface area contributed by atoms with E-state index in [9.17, 15) is 0 Å². The molecule has 42 valence electrons. The molecule has 0 unspecified atom stereocenters. The molecule has 7 heavy (non-hydrogen) atoms. The van der Waals surface area contributed by atoms with Gasteiger partial charge in [-0.1, -0.05) is 17.2 Å². The predicted molar refractivity (Wildman–Crippen MR) is 34.9 cm³/mol. The van der Waals surface area contributed by atoms with Crippen molar-refractivity contribution in [1.29, 1.82) is 0 Å². The van der Waals surface area contributed by atoms with Crippen molar-refractivity contribution >= 4 is 23.2 Å². The maximum atomic E-state index is 5.55. The molecule has 0 radical (unpaired) electrons. The molecule has 0 aromatic rings. The summed E-state index contributed by atoms with van der Waals surface area (Å²) in [5, 5.41) is 0.752. The summed E-state index contributed by atoms with van der Waals surface area (Å²) in [6.07, 6.45) is 0. The zero-order valence-corrected chi connectivity index (χ0v) is 5.97. The minimum atomic E-state index is 0.434. The Kier molecular flexibility index (Phi) is 3.49. The van der Waals surface area contributed by atoms with Crippen LogP contribution < -0.4 is 0 Å². The van der Waals surface area contributed by atoms with Crippen LogP contribution in [0.3, 0.4) is 0 Å². The molecule has 0 saturated carbocycles. The van der Waals surface area contributed by atoms with Gasteiger partial charge in [-0.25, -0.2) is 0 Å². The van der Waals surface area contributed by atoms with Crippen molar-refractivity contribution in [2.75, 3.05) is 5.88 Å². The van der Waals surface area contributed by atoms with Gasteiger partial charge in [0.15, 0.2) is 0 Å². The van der Waals surface area contributed by atoms with Gasteiger partial charge in [-0.3, -0.25) is 0 Å². The van der Waals surface area contributed by atoms with Gasteiger partial charge in [0.25, 0.3) is 0 Å². The van der Waals surface area contributed by atoms with Crippen LogP contribution >= 0.6 is 23.2 Å². The molecular weight excluding hydrogens is 131 g/mol. The smallest absolute Gasteiger partial charge is 0.0581 e. The minimum Gasteiger partial charge on any atom is -0.121 e. The fourth-order valence-electron chi connectivity index (χ4n) is 0.134. The van der Waals surface area contributed by atoms with Gasteiger partial charge in [0.2, 0.25) is 0 Å². The van der Waals surface area contributed by atoms with E-state index in [1.54, 1.807) is 0 Å². The van der Waals surface area contributed by atoms with Gasteiger partial charge in [-0.15, -0.1) is 11.6 Å². The number of hydrogen-bond donors (Lipinski definition) is 0. The number of rotatable bonds is 1. The highest BCUT2D eigenvalue weighted by molar-refractivity contribution is 6.36. The van der Waals surface area contributed by atoms with Crippen LogP contribution in [0.4, 0.5) is 0 Å². The molecule has 0 aliphatic rings. The lowest BCUT2D eigenvalue weighted by molar-refractivity contribution is 1.34. The highest BCUT2D eigenvalue weighted by Crippen LogP contribution is 2.08. The van der Waals surface area contributed by atoms with Crippen molar-refractivity contribution in [1.82, 2.24) is 0 Å². The first-order valence-corrected chi connectivity index (χ1v) is 2.97. The van der Waals surface area contributed by atoms with Crippen molar-refractivity contribution in [2.24, 2.45) is 0 Å². The topological polar surface area (TPSA) is 0 Å². The molecule has 0 aromatic heterocycles. The van der Waals surface area contributed by atoms with Crippen molar-refractivity contribution in [3.05, 3.63) is 10.6 Å². The van der Waals surface area contributed by atoms with Crippen molar-refractivity contribution < 1.29 is 0 Å². The molecule has 0 N–H and O–H groups in total. The molecule has 0 aromatic carbocycles. The van der Waals surface area contributed by atoms with Crippen molar-refractivity contribution in [3.63, 3.8) is 0 Å². The molecule has 0 fully saturated rings. The molecule has 0 bridgehead atoms. The van der Waals surface area contributed by atoms with Gasteiger partial charge >= 0.3 is 0 Å². The molecule has 0 heterocycles. The first-order chi connectivity index (χ1) is 3.18. The molecule has 0 nitrogen and oxygen atoms in total. The second-order valence-corrected chi connectivity index (χ2v) is 2.26. The van der Waals surface area contributed by atoms with Crippen LogP contribution in [0.25, 0.3) is 0 Å². The third kappa shape index (κ3) is 2.95. The monoisotopic (exact) mass is 138 g/mol. The standard InChI is InChI=1S/C5H8Cl2/c1-4(2)5(7)3-6/h3H2,1-2H3. The van der Waals surface area contributed by atoms with E-state index < -0.39 is 0 Å². The van der Waals surface area contributed by atoms with Crippen LogP contribution in [0, 0.1) is 0 Å². The summed E-state index contributed by atoms with van der Waals surface area (Å²) in [6, 6.07) is 0. The lowest BCUT2D eigenvalue weighted by Gasteiger charge is -1.90. The molecule has 0 rings (SSSR count). The lowest BCUT2D eigenvalue weighted by Crippen LogP contribution is -1.74. The van der Waals surface area contributed by atoms with Gasteiger partial charge in [0.1, 0.15) is 0 Å². The Morgan fingerprint density at radius 1 is 1.43 bits per heavy atom. The van der Waals surface area contributed by atoms with Crippen LogP contribution in [0.1, 0.15) is 13.8 Å². The summed E-state index contributed by atoms with van der Waals surface area (Å²) in [6.45, 7) is 3.87. The van der Waals surface area contributed by atoms with E-state index in [4.69, 9.17) is 23.2 Å². The largest absolute Gasteiger partial charge is 0.121 e. The summed E-state index contributed by atoms with van der Waals surface area (Å²) >= 11 is 10.9. The molecule has 0 atom stereocenters. The Morgan fingerprint density at radius 3 is 1.86 bits per heavy atom. The fourth-order valence-corrected chi connectivity index (χ4v) is 0.401. The zero-order chi connectivity index (χ0) is 5.86. The highest BCUT2D eigenvalue weighted by Gasteiger charge is 1.87. The Hall–Kier alpha value is 0.320. The van der Waals surface area contributed by atoms with Gasteiger partial charge in [-0.2, -0.15) is 0 Å². The molecule has 0 aliphatic heterocycles. The van der Waals surface area contributed by atoms with E-state index in [1.165, 1.54) is 0 Å². The summed E-state index contributed by atoms with van der Waals surface area (Å²) in [4.78, 5) is 0. The summed E-state index contributed by atoms with van der Waals surface area (Å²) in [5.74, 6) is 0.434. The van der Waals surface area contributed by atoms with E-state index >= 15 is 0 Å². The second kappa shape index (κ2) is 3.34. The summed E-state index contributed by atoms with van der Waals surface area (Å²) in [5.41, 5.74) is 1.09. The molecule has 0 aliphatic carbocycles. The quantitative estimate of drug-likeness (QED) is 0.490. The van der Waals surface area contributed by atoms with Crippen LogP contribution in [0.15, 0.2) is 10.6 Å². The molecule has 0 saturated heterocycles. The normalized spacial score (nSPS) is 8.57. The van der Waals surface area contributed by atoms with E-state index in [0.29, 0.717) is 5.88 Å². The third-order valence-electron chi connectivity index (χ3n) is 0.660. The van der Waals surface area contributed by atoms with Crippen LogP contribution in [0.5, 0.6) is 0 Å². The van der Waals surface area contributed by atoms with E-state index in [0.717, 1.165) is 10.6 Å². The maximum absolute atomic E-state index is 5.55. The SMILES string of the molecule is CC(C)=C(Cl)CCl. The lowest BCUT2D eigenvalue weighted by atomic mass is 10.3. The fraction of sp³-hybridized carbons (Fsp3) is 0.600. The Morgan fingerprint density at radius 2 is 1.86 bits per heavy atom. The molecule has 2 heteroatoms. The van der Waals surface area contributed by atoms with E-state index in [1.807, 2.05) is 13.8 Å². The van der Waals surface area contributed by atoms with Crippen LogP contribution in [-0.4, -0.2) is 5.88 Å². The first-order valence-electron chi connectivity index (χ1n) is 2.06. The predicted octanol–water partition coefficient (Wildman–Crippen LogP) is 2.76. The number of halogens is 2. The second-order valence-electron chi connectivity index (χ2n) is 1.54. The van der Waals surface area contributed by atoms with Crippen LogP contribution in [-0.2, 0) is 0 Å². The van der Waals surface area contributed by atoms with E-state index in [2.05, 4.69) is 0 Å². The Bertz CT molecular complexity index is 80.1. The first kappa shape index (κ1) is 7.32. The van der Waals surface area contributed by atoms with Crippen molar-refractivity contribution in [2.45, 2.75) is 13.8 Å². The maximum Gasteiger partial charge on any atom is 0.0581 e. The number of alkyl halides is 1. The van der Waals surface area contributed by atoms with Gasteiger partial charge in [-0.05, 0) is 13.8 Å². The average Bonchev–Trinajstić information content (AvgIpc) is 1.65. The molecule has 0 amide bonds. The molecular formula is C5H8Cl2. The van der Waals surface area contributed by atoms with Crippen molar-refractivity contribution in [3.8, 4) is 0 Å².